The monoisotopic (exact) mass is 219 g/mol. The highest BCUT2D eigenvalue weighted by atomic mass is 16.6. The molecular weight excluding hydrogens is 206 g/mol. The summed E-state index contributed by atoms with van der Waals surface area (Å²) in [4.78, 5) is 23.5. The maximum Gasteiger partial charge on any atom is 0.410 e. The van der Waals surface area contributed by atoms with Crippen molar-refractivity contribution >= 4 is 12.4 Å². The Balaban J connectivity index is 1.82. The molecule has 16 heavy (non-hydrogen) atoms. The van der Waals surface area contributed by atoms with Gasteiger partial charge in [0, 0.05) is 6.54 Å². The van der Waals surface area contributed by atoms with Crippen LogP contribution < -0.4 is 0 Å². The van der Waals surface area contributed by atoms with Crippen molar-refractivity contribution in [1.29, 1.82) is 0 Å². The van der Waals surface area contributed by atoms with E-state index in [2.05, 4.69) is 0 Å². The van der Waals surface area contributed by atoms with Crippen LogP contribution in [0.25, 0.3) is 0 Å². The van der Waals surface area contributed by atoms with E-state index in [9.17, 15) is 9.59 Å². The van der Waals surface area contributed by atoms with E-state index in [0.717, 1.165) is 18.3 Å². The summed E-state index contributed by atoms with van der Waals surface area (Å²) in [7, 11) is 0. The van der Waals surface area contributed by atoms with Crippen molar-refractivity contribution in [2.24, 2.45) is 0 Å². The Kier molecular flexibility index (Phi) is 3.19. The normalized spacial score (nSPS) is 18.8. The third kappa shape index (κ3) is 2.21. The van der Waals surface area contributed by atoms with Crippen LogP contribution in [0.1, 0.15) is 12.0 Å². The Labute approximate surface area is 93.8 Å². The number of benzene rings is 1. The van der Waals surface area contributed by atoms with Gasteiger partial charge in [-0.3, -0.25) is 4.90 Å². The quantitative estimate of drug-likeness (QED) is 0.725. The van der Waals surface area contributed by atoms with Crippen LogP contribution in [0.4, 0.5) is 4.79 Å². The zero-order valence-electron chi connectivity index (χ0n) is 8.83. The van der Waals surface area contributed by atoms with Crippen LogP contribution in [0.3, 0.4) is 0 Å². The second kappa shape index (κ2) is 4.79. The molecule has 1 amide bonds. The number of aldehydes is 1. The summed E-state index contributed by atoms with van der Waals surface area (Å²) >= 11 is 0. The molecule has 1 aliphatic heterocycles. The molecule has 4 nitrogen and oxygen atoms in total. The van der Waals surface area contributed by atoms with Gasteiger partial charge in [-0.15, -0.1) is 0 Å². The maximum absolute atomic E-state index is 11.5. The van der Waals surface area contributed by atoms with E-state index >= 15 is 0 Å². The lowest BCUT2D eigenvalue weighted by Crippen LogP contribution is -2.52. The van der Waals surface area contributed by atoms with E-state index in [0.29, 0.717) is 6.54 Å². The SMILES string of the molecule is O=C[C@H]1CCN1C(=O)OCc1ccccc1. The van der Waals surface area contributed by atoms with Gasteiger partial charge in [-0.2, -0.15) is 0 Å². The largest absolute Gasteiger partial charge is 0.445 e. The van der Waals surface area contributed by atoms with E-state index in [1.165, 1.54) is 4.90 Å². The molecule has 0 saturated carbocycles. The van der Waals surface area contributed by atoms with Crippen LogP contribution in [0.15, 0.2) is 30.3 Å². The molecule has 1 heterocycles. The Morgan fingerprint density at radius 2 is 2.19 bits per heavy atom. The predicted molar refractivity (Wildman–Crippen MR) is 57.8 cm³/mol. The van der Waals surface area contributed by atoms with Gasteiger partial charge in [-0.1, -0.05) is 30.3 Å². The van der Waals surface area contributed by atoms with Gasteiger partial charge < -0.3 is 9.53 Å². The Hall–Kier alpha value is -1.84. The van der Waals surface area contributed by atoms with Gasteiger partial charge >= 0.3 is 6.09 Å². The van der Waals surface area contributed by atoms with E-state index < -0.39 is 6.09 Å². The van der Waals surface area contributed by atoms with Crippen LogP contribution in [0.2, 0.25) is 0 Å². The molecule has 0 bridgehead atoms. The summed E-state index contributed by atoms with van der Waals surface area (Å²) in [5, 5.41) is 0. The minimum atomic E-state index is -0.410. The van der Waals surface area contributed by atoms with E-state index in [1.807, 2.05) is 30.3 Å². The van der Waals surface area contributed by atoms with Gasteiger partial charge in [-0.25, -0.2) is 4.79 Å². The first-order valence-electron chi connectivity index (χ1n) is 5.24. The zero-order chi connectivity index (χ0) is 11.4. The fourth-order valence-electron chi connectivity index (χ4n) is 1.58. The summed E-state index contributed by atoms with van der Waals surface area (Å²) in [5.74, 6) is 0. The number of carbonyl (C=O) groups excluding carboxylic acids is 2. The molecule has 0 unspecified atom stereocenters. The Morgan fingerprint density at radius 1 is 1.44 bits per heavy atom. The highest BCUT2D eigenvalue weighted by Crippen LogP contribution is 2.16. The fraction of sp³-hybridized carbons (Fsp3) is 0.333. The van der Waals surface area contributed by atoms with E-state index in [-0.39, 0.29) is 12.6 Å². The average Bonchev–Trinajstić information content (AvgIpc) is 2.27. The van der Waals surface area contributed by atoms with Crippen LogP contribution >= 0.6 is 0 Å². The number of rotatable bonds is 3. The summed E-state index contributed by atoms with van der Waals surface area (Å²) < 4.78 is 5.09. The molecule has 1 aliphatic rings. The summed E-state index contributed by atoms with van der Waals surface area (Å²) in [5.41, 5.74) is 0.944. The maximum atomic E-state index is 11.5. The summed E-state index contributed by atoms with van der Waals surface area (Å²) in [6.45, 7) is 0.860. The van der Waals surface area contributed by atoms with Gasteiger partial charge in [0.1, 0.15) is 12.9 Å². The molecular formula is C12H13NO3. The molecule has 1 fully saturated rings. The molecule has 0 aromatic heterocycles. The van der Waals surface area contributed by atoms with Crippen molar-refractivity contribution < 1.29 is 14.3 Å². The molecule has 1 aromatic carbocycles. The van der Waals surface area contributed by atoms with Crippen molar-refractivity contribution in [2.45, 2.75) is 19.1 Å². The average molecular weight is 219 g/mol. The van der Waals surface area contributed by atoms with Crippen molar-refractivity contribution in [3.63, 3.8) is 0 Å². The van der Waals surface area contributed by atoms with Crippen molar-refractivity contribution in [1.82, 2.24) is 4.90 Å². The lowest BCUT2D eigenvalue weighted by atomic mass is 10.1. The molecule has 1 saturated heterocycles. The number of nitrogens with zero attached hydrogens (tertiary/aromatic N) is 1. The Bertz CT molecular complexity index is 377. The number of ether oxygens (including phenoxy) is 1. The van der Waals surface area contributed by atoms with Crippen molar-refractivity contribution in [2.75, 3.05) is 6.54 Å². The van der Waals surface area contributed by atoms with E-state index in [1.54, 1.807) is 0 Å². The number of hydrogen-bond acceptors (Lipinski definition) is 3. The minimum Gasteiger partial charge on any atom is -0.445 e. The first kappa shape index (κ1) is 10.7. The number of carbonyl (C=O) groups is 2. The summed E-state index contributed by atoms with van der Waals surface area (Å²) in [6, 6.07) is 9.18. The van der Waals surface area contributed by atoms with Gasteiger partial charge in [-0.05, 0) is 12.0 Å². The topological polar surface area (TPSA) is 46.6 Å². The van der Waals surface area contributed by atoms with Gasteiger partial charge in [0.15, 0.2) is 0 Å². The number of likely N-dealkylation sites (tertiary alicyclic amines) is 1. The van der Waals surface area contributed by atoms with Crippen LogP contribution in [-0.4, -0.2) is 29.9 Å². The molecule has 0 aliphatic carbocycles. The number of hydrogen-bond donors (Lipinski definition) is 0. The van der Waals surface area contributed by atoms with Crippen LogP contribution in [0.5, 0.6) is 0 Å². The standard InChI is InChI=1S/C12H13NO3/c14-8-11-6-7-13(11)12(15)16-9-10-4-2-1-3-5-10/h1-5,8,11H,6-7,9H2/t11-/m1/s1. The second-order valence-electron chi connectivity index (χ2n) is 3.73. The lowest BCUT2D eigenvalue weighted by Gasteiger charge is -2.36. The second-order valence-corrected chi connectivity index (χ2v) is 3.73. The third-order valence-electron chi connectivity index (χ3n) is 2.66. The van der Waals surface area contributed by atoms with Crippen LogP contribution in [0, 0.1) is 0 Å². The van der Waals surface area contributed by atoms with E-state index in [4.69, 9.17) is 4.74 Å². The number of amides is 1. The highest BCUT2D eigenvalue weighted by molar-refractivity contribution is 5.75. The summed E-state index contributed by atoms with van der Waals surface area (Å²) in [6.07, 6.45) is 1.12. The first-order valence-corrected chi connectivity index (χ1v) is 5.24. The zero-order valence-corrected chi connectivity index (χ0v) is 8.83. The fourth-order valence-corrected chi connectivity index (χ4v) is 1.58. The van der Waals surface area contributed by atoms with Gasteiger partial charge in [0.2, 0.25) is 0 Å². The predicted octanol–water partition coefficient (Wildman–Crippen LogP) is 1.60. The lowest BCUT2D eigenvalue weighted by molar-refractivity contribution is -0.115. The molecule has 0 N–H and O–H groups in total. The molecule has 2 rings (SSSR count). The first-order chi connectivity index (χ1) is 7.81. The van der Waals surface area contributed by atoms with Crippen molar-refractivity contribution in [3.05, 3.63) is 35.9 Å². The van der Waals surface area contributed by atoms with Crippen molar-refractivity contribution in [3.8, 4) is 0 Å². The third-order valence-corrected chi connectivity index (χ3v) is 2.66. The van der Waals surface area contributed by atoms with Crippen LogP contribution in [-0.2, 0) is 16.1 Å². The smallest absolute Gasteiger partial charge is 0.410 e. The molecule has 4 heteroatoms. The minimum absolute atomic E-state index is 0.252. The van der Waals surface area contributed by atoms with Gasteiger partial charge in [0.25, 0.3) is 0 Å². The molecule has 1 atom stereocenters. The molecule has 0 radical (unpaired) electrons. The Morgan fingerprint density at radius 3 is 2.75 bits per heavy atom. The highest BCUT2D eigenvalue weighted by Gasteiger charge is 2.32. The van der Waals surface area contributed by atoms with Gasteiger partial charge in [0.05, 0.1) is 6.04 Å². The molecule has 1 aromatic rings. The molecule has 0 spiro atoms. The molecule has 84 valence electrons.